The maximum atomic E-state index is 4.58. The van der Waals surface area contributed by atoms with Crippen molar-refractivity contribution in [3.63, 3.8) is 0 Å². The van der Waals surface area contributed by atoms with Crippen LogP contribution in [-0.4, -0.2) is 16.3 Å². The molecule has 3 heteroatoms. The lowest BCUT2D eigenvalue weighted by Gasteiger charge is -2.26. The van der Waals surface area contributed by atoms with Gasteiger partial charge in [-0.1, -0.05) is 38.1 Å². The summed E-state index contributed by atoms with van der Waals surface area (Å²) in [6.07, 6.45) is 4.29. The average molecular weight is 285 g/mol. The highest BCUT2D eigenvalue weighted by Crippen LogP contribution is 2.26. The SMILES string of the molecule is CCCNC(c1ccc(CC)cc1)C(C)n1ccc(C)n1. The zero-order valence-corrected chi connectivity index (χ0v) is 13.6. The zero-order chi connectivity index (χ0) is 15.2. The topological polar surface area (TPSA) is 29.9 Å². The second-order valence-electron chi connectivity index (χ2n) is 5.70. The van der Waals surface area contributed by atoms with Crippen molar-refractivity contribution in [2.45, 2.75) is 52.6 Å². The van der Waals surface area contributed by atoms with Crippen LogP contribution in [0.25, 0.3) is 0 Å². The van der Waals surface area contributed by atoms with Crippen molar-refractivity contribution in [2.75, 3.05) is 6.54 Å². The third-order valence-electron chi connectivity index (χ3n) is 4.00. The maximum absolute atomic E-state index is 4.58. The number of benzene rings is 1. The van der Waals surface area contributed by atoms with Gasteiger partial charge in [-0.05, 0) is 50.4 Å². The molecule has 0 radical (unpaired) electrons. The first-order valence-corrected chi connectivity index (χ1v) is 7.99. The summed E-state index contributed by atoms with van der Waals surface area (Å²) in [5, 5.41) is 8.25. The first-order chi connectivity index (χ1) is 10.2. The van der Waals surface area contributed by atoms with Crippen LogP contribution in [0, 0.1) is 6.92 Å². The molecule has 0 fully saturated rings. The summed E-state index contributed by atoms with van der Waals surface area (Å²) >= 11 is 0. The van der Waals surface area contributed by atoms with Crippen molar-refractivity contribution in [1.29, 1.82) is 0 Å². The van der Waals surface area contributed by atoms with Crippen molar-refractivity contribution in [3.8, 4) is 0 Å². The van der Waals surface area contributed by atoms with E-state index in [9.17, 15) is 0 Å². The van der Waals surface area contributed by atoms with E-state index in [0.717, 1.165) is 25.1 Å². The van der Waals surface area contributed by atoms with Crippen LogP contribution in [0.2, 0.25) is 0 Å². The quantitative estimate of drug-likeness (QED) is 0.831. The lowest BCUT2D eigenvalue weighted by molar-refractivity contribution is 0.353. The summed E-state index contributed by atoms with van der Waals surface area (Å²) in [5.41, 5.74) is 3.79. The molecule has 1 heterocycles. The Bertz CT molecular complexity index is 542. The van der Waals surface area contributed by atoms with Crippen LogP contribution in [0.4, 0.5) is 0 Å². The van der Waals surface area contributed by atoms with Crippen molar-refractivity contribution in [2.24, 2.45) is 0 Å². The van der Waals surface area contributed by atoms with E-state index in [-0.39, 0.29) is 12.1 Å². The Kier molecular flexibility index (Phi) is 5.57. The number of hydrogen-bond donors (Lipinski definition) is 1. The second-order valence-corrected chi connectivity index (χ2v) is 5.70. The van der Waals surface area contributed by atoms with Crippen molar-refractivity contribution >= 4 is 0 Å². The fraction of sp³-hybridized carbons (Fsp3) is 0.500. The molecule has 3 nitrogen and oxygen atoms in total. The number of aryl methyl sites for hydroxylation is 2. The highest BCUT2D eigenvalue weighted by molar-refractivity contribution is 5.26. The number of nitrogens with one attached hydrogen (secondary N) is 1. The molecule has 0 aliphatic heterocycles. The first kappa shape index (κ1) is 15.8. The van der Waals surface area contributed by atoms with E-state index in [1.54, 1.807) is 0 Å². The molecule has 0 aliphatic carbocycles. The lowest BCUT2D eigenvalue weighted by Crippen LogP contribution is -2.29. The van der Waals surface area contributed by atoms with Gasteiger partial charge >= 0.3 is 0 Å². The Hall–Kier alpha value is -1.61. The number of aromatic nitrogens is 2. The summed E-state index contributed by atoms with van der Waals surface area (Å²) in [6, 6.07) is 11.6. The van der Waals surface area contributed by atoms with Crippen LogP contribution in [0.3, 0.4) is 0 Å². The number of rotatable bonds is 7. The van der Waals surface area contributed by atoms with Gasteiger partial charge < -0.3 is 5.32 Å². The van der Waals surface area contributed by atoms with Gasteiger partial charge in [-0.2, -0.15) is 5.10 Å². The third kappa shape index (κ3) is 3.94. The minimum Gasteiger partial charge on any atom is -0.308 e. The molecular formula is C18H27N3. The molecule has 0 amide bonds. The van der Waals surface area contributed by atoms with Crippen LogP contribution in [0.15, 0.2) is 36.5 Å². The fourth-order valence-corrected chi connectivity index (χ4v) is 2.64. The fourth-order valence-electron chi connectivity index (χ4n) is 2.64. The predicted octanol–water partition coefficient (Wildman–Crippen LogP) is 4.06. The summed E-state index contributed by atoms with van der Waals surface area (Å²) in [5.74, 6) is 0. The Morgan fingerprint density at radius 2 is 1.86 bits per heavy atom. The van der Waals surface area contributed by atoms with Gasteiger partial charge in [0.15, 0.2) is 0 Å². The second kappa shape index (κ2) is 7.41. The molecule has 0 saturated heterocycles. The van der Waals surface area contributed by atoms with Gasteiger partial charge in [0.05, 0.1) is 17.8 Å². The van der Waals surface area contributed by atoms with Crippen LogP contribution in [0.1, 0.15) is 56.1 Å². The first-order valence-electron chi connectivity index (χ1n) is 7.99. The highest BCUT2D eigenvalue weighted by Gasteiger charge is 2.20. The molecule has 0 aliphatic rings. The molecule has 2 unspecified atom stereocenters. The monoisotopic (exact) mass is 285 g/mol. The van der Waals surface area contributed by atoms with E-state index in [2.05, 4.69) is 72.4 Å². The summed E-state index contributed by atoms with van der Waals surface area (Å²) in [6.45, 7) is 9.68. The van der Waals surface area contributed by atoms with Crippen molar-refractivity contribution in [3.05, 3.63) is 53.3 Å². The Morgan fingerprint density at radius 3 is 2.38 bits per heavy atom. The molecule has 114 valence electrons. The normalized spacial score (nSPS) is 14.1. The van der Waals surface area contributed by atoms with E-state index >= 15 is 0 Å². The predicted molar refractivity (Wildman–Crippen MR) is 88.5 cm³/mol. The van der Waals surface area contributed by atoms with E-state index in [0.29, 0.717) is 0 Å². The van der Waals surface area contributed by atoms with Gasteiger partial charge in [0.2, 0.25) is 0 Å². The van der Waals surface area contributed by atoms with Gasteiger partial charge in [0, 0.05) is 6.20 Å². The van der Waals surface area contributed by atoms with Gasteiger partial charge in [0.1, 0.15) is 0 Å². The number of hydrogen-bond acceptors (Lipinski definition) is 2. The minimum absolute atomic E-state index is 0.287. The molecule has 0 spiro atoms. The van der Waals surface area contributed by atoms with Crippen molar-refractivity contribution in [1.82, 2.24) is 15.1 Å². The van der Waals surface area contributed by atoms with Crippen LogP contribution < -0.4 is 5.32 Å². The smallest absolute Gasteiger partial charge is 0.0685 e. The molecule has 2 aromatic rings. The van der Waals surface area contributed by atoms with E-state index in [4.69, 9.17) is 0 Å². The summed E-state index contributed by atoms with van der Waals surface area (Å²) in [7, 11) is 0. The Balaban J connectivity index is 2.23. The molecule has 2 rings (SSSR count). The molecule has 0 saturated carbocycles. The van der Waals surface area contributed by atoms with E-state index in [1.165, 1.54) is 11.1 Å². The molecule has 21 heavy (non-hydrogen) atoms. The molecule has 1 N–H and O–H groups in total. The highest BCUT2D eigenvalue weighted by atomic mass is 15.3. The molecule has 0 bridgehead atoms. The minimum atomic E-state index is 0.287. The standard InChI is InChI=1S/C18H27N3/c1-5-12-19-18(15(4)21-13-11-14(3)20-21)17-9-7-16(6-2)8-10-17/h7-11,13,15,18-19H,5-6,12H2,1-4H3. The van der Waals surface area contributed by atoms with Gasteiger partial charge in [-0.15, -0.1) is 0 Å². The zero-order valence-electron chi connectivity index (χ0n) is 13.6. The molecule has 1 aromatic heterocycles. The van der Waals surface area contributed by atoms with Crippen LogP contribution in [0.5, 0.6) is 0 Å². The number of nitrogens with zero attached hydrogens (tertiary/aromatic N) is 2. The lowest BCUT2D eigenvalue weighted by atomic mass is 9.98. The van der Waals surface area contributed by atoms with Crippen molar-refractivity contribution < 1.29 is 0 Å². The van der Waals surface area contributed by atoms with Gasteiger partial charge in [0.25, 0.3) is 0 Å². The summed E-state index contributed by atoms with van der Waals surface area (Å²) < 4.78 is 2.07. The molecule has 2 atom stereocenters. The van der Waals surface area contributed by atoms with Gasteiger partial charge in [-0.3, -0.25) is 4.68 Å². The Morgan fingerprint density at radius 1 is 1.14 bits per heavy atom. The van der Waals surface area contributed by atoms with Crippen LogP contribution >= 0.6 is 0 Å². The molecular weight excluding hydrogens is 258 g/mol. The molecule has 1 aromatic carbocycles. The maximum Gasteiger partial charge on any atom is 0.0685 e. The average Bonchev–Trinajstić information content (AvgIpc) is 2.94. The Labute approximate surface area is 128 Å². The van der Waals surface area contributed by atoms with E-state index in [1.807, 2.05) is 6.92 Å². The van der Waals surface area contributed by atoms with Gasteiger partial charge in [-0.25, -0.2) is 0 Å². The van der Waals surface area contributed by atoms with Crippen LogP contribution in [-0.2, 0) is 6.42 Å². The van der Waals surface area contributed by atoms with E-state index < -0.39 is 0 Å². The third-order valence-corrected chi connectivity index (χ3v) is 4.00. The summed E-state index contributed by atoms with van der Waals surface area (Å²) in [4.78, 5) is 0. The largest absolute Gasteiger partial charge is 0.308 e.